The van der Waals surface area contributed by atoms with Gasteiger partial charge in [-0.15, -0.1) is 0 Å². The van der Waals surface area contributed by atoms with Crippen LogP contribution in [0.15, 0.2) is 71.9 Å². The van der Waals surface area contributed by atoms with Crippen LogP contribution in [0.3, 0.4) is 0 Å². The molecule has 1 saturated heterocycles. The zero-order valence-corrected chi connectivity index (χ0v) is 19.8. The van der Waals surface area contributed by atoms with Crippen LogP contribution in [0.1, 0.15) is 0 Å². The SMILES string of the molecule is O=C(Nc1ccc(-c2nc(-c3ccccc3)n[nH]2)cc1)C(=O)N1CCN(S(=O)(=O)c2ccn[nH]2)CC1. The van der Waals surface area contributed by atoms with Crippen molar-refractivity contribution in [2.45, 2.75) is 5.03 Å². The molecule has 1 aliphatic rings. The fraction of sp³-hybridized carbons (Fsp3) is 0.174. The third-order valence-corrected chi connectivity index (χ3v) is 7.57. The van der Waals surface area contributed by atoms with E-state index in [2.05, 4.69) is 30.7 Å². The molecule has 0 unspecified atom stereocenters. The number of amides is 2. The van der Waals surface area contributed by atoms with Gasteiger partial charge in [0.25, 0.3) is 10.0 Å². The van der Waals surface area contributed by atoms with Gasteiger partial charge in [0, 0.05) is 43.0 Å². The lowest BCUT2D eigenvalue weighted by Gasteiger charge is -2.33. The highest BCUT2D eigenvalue weighted by Crippen LogP contribution is 2.22. The molecule has 0 atom stereocenters. The minimum Gasteiger partial charge on any atom is -0.332 e. The van der Waals surface area contributed by atoms with E-state index < -0.39 is 21.8 Å². The number of nitrogens with zero attached hydrogens (tertiary/aromatic N) is 5. The van der Waals surface area contributed by atoms with E-state index >= 15 is 0 Å². The van der Waals surface area contributed by atoms with Crippen molar-refractivity contribution in [2.75, 3.05) is 31.5 Å². The molecule has 0 saturated carbocycles. The molecule has 2 aromatic heterocycles. The summed E-state index contributed by atoms with van der Waals surface area (Å²) in [6.45, 7) is 0.371. The molecular weight excluding hydrogens is 484 g/mol. The van der Waals surface area contributed by atoms with Crippen molar-refractivity contribution < 1.29 is 18.0 Å². The number of carbonyl (C=O) groups is 2. The Morgan fingerprint density at radius 3 is 2.25 bits per heavy atom. The summed E-state index contributed by atoms with van der Waals surface area (Å²) in [4.78, 5) is 31.0. The molecule has 184 valence electrons. The van der Waals surface area contributed by atoms with E-state index in [0.29, 0.717) is 17.3 Å². The molecule has 3 heterocycles. The molecule has 4 aromatic rings. The highest BCUT2D eigenvalue weighted by atomic mass is 32.2. The number of hydrogen-bond acceptors (Lipinski definition) is 7. The Balaban J connectivity index is 1.17. The molecule has 0 bridgehead atoms. The highest BCUT2D eigenvalue weighted by molar-refractivity contribution is 7.89. The second-order valence-electron chi connectivity index (χ2n) is 8.02. The van der Waals surface area contributed by atoms with Crippen LogP contribution in [0.25, 0.3) is 22.8 Å². The van der Waals surface area contributed by atoms with Gasteiger partial charge < -0.3 is 10.2 Å². The lowest BCUT2D eigenvalue weighted by Crippen LogP contribution is -2.52. The fourth-order valence-electron chi connectivity index (χ4n) is 3.80. The summed E-state index contributed by atoms with van der Waals surface area (Å²) in [7, 11) is -3.71. The van der Waals surface area contributed by atoms with Crippen LogP contribution >= 0.6 is 0 Å². The molecule has 1 fully saturated rings. The third kappa shape index (κ3) is 4.74. The summed E-state index contributed by atoms with van der Waals surface area (Å²) in [6, 6.07) is 17.8. The highest BCUT2D eigenvalue weighted by Gasteiger charge is 2.32. The number of carbonyl (C=O) groups excluding carboxylic acids is 2. The first kappa shape index (κ1) is 23.4. The number of hydrogen-bond donors (Lipinski definition) is 3. The molecule has 3 N–H and O–H groups in total. The Morgan fingerprint density at radius 2 is 1.58 bits per heavy atom. The van der Waals surface area contributed by atoms with Gasteiger partial charge in [0.05, 0.1) is 6.20 Å². The average molecular weight is 507 g/mol. The Bertz CT molecular complexity index is 1460. The van der Waals surface area contributed by atoms with Crippen LogP contribution in [0.2, 0.25) is 0 Å². The van der Waals surface area contributed by atoms with Crippen molar-refractivity contribution >= 4 is 27.5 Å². The van der Waals surface area contributed by atoms with Crippen LogP contribution in [-0.4, -0.2) is 81.0 Å². The van der Waals surface area contributed by atoms with E-state index in [1.54, 1.807) is 24.3 Å². The van der Waals surface area contributed by atoms with Gasteiger partial charge in [-0.2, -0.15) is 14.5 Å². The van der Waals surface area contributed by atoms with Gasteiger partial charge in [-0.05, 0) is 30.3 Å². The van der Waals surface area contributed by atoms with E-state index in [0.717, 1.165) is 11.1 Å². The number of sulfonamides is 1. The number of aromatic amines is 2. The van der Waals surface area contributed by atoms with E-state index in [1.165, 1.54) is 21.5 Å². The van der Waals surface area contributed by atoms with Crippen molar-refractivity contribution in [3.05, 3.63) is 66.9 Å². The molecule has 12 nitrogen and oxygen atoms in total. The molecule has 13 heteroatoms. The molecule has 2 amide bonds. The van der Waals surface area contributed by atoms with E-state index in [1.807, 2.05) is 30.3 Å². The summed E-state index contributed by atoms with van der Waals surface area (Å²) >= 11 is 0. The Labute approximate surface area is 206 Å². The maximum absolute atomic E-state index is 12.6. The first-order valence-electron chi connectivity index (χ1n) is 11.1. The molecule has 0 spiro atoms. The number of anilines is 1. The number of piperazine rings is 1. The third-order valence-electron chi connectivity index (χ3n) is 5.75. The number of nitrogens with one attached hydrogen (secondary N) is 3. The molecule has 5 rings (SSSR count). The Kier molecular flexibility index (Phi) is 6.31. The van der Waals surface area contributed by atoms with Crippen LogP contribution in [0.4, 0.5) is 5.69 Å². The minimum absolute atomic E-state index is 0.00918. The second kappa shape index (κ2) is 9.71. The average Bonchev–Trinajstić information content (AvgIpc) is 3.63. The summed E-state index contributed by atoms with van der Waals surface area (Å²) in [5, 5.41) is 15.8. The van der Waals surface area contributed by atoms with Gasteiger partial charge in [-0.25, -0.2) is 13.4 Å². The van der Waals surface area contributed by atoms with Gasteiger partial charge in [0.1, 0.15) is 0 Å². The minimum atomic E-state index is -3.71. The monoisotopic (exact) mass is 506 g/mol. The predicted molar refractivity (Wildman–Crippen MR) is 130 cm³/mol. The Hall–Kier alpha value is -4.36. The molecular formula is C23H22N8O4S. The molecule has 1 aliphatic heterocycles. The number of benzene rings is 2. The van der Waals surface area contributed by atoms with Crippen molar-refractivity contribution in [2.24, 2.45) is 0 Å². The van der Waals surface area contributed by atoms with Crippen LogP contribution in [0.5, 0.6) is 0 Å². The molecule has 0 aliphatic carbocycles. The second-order valence-corrected chi connectivity index (χ2v) is 9.93. The topological polar surface area (TPSA) is 157 Å². The number of H-pyrrole nitrogens is 2. The standard InChI is InChI=1S/C23H22N8O4S/c32-22(23(33)30-12-14-31(15-13-30)36(34,35)19-10-11-24-27-19)25-18-8-6-17(7-9-18)21-26-20(28-29-21)16-4-2-1-3-5-16/h1-11H,12-15H2,(H,24,27)(H,25,32)(H,26,28,29). The zero-order valence-electron chi connectivity index (χ0n) is 19.0. The molecule has 2 aromatic carbocycles. The first-order chi connectivity index (χ1) is 17.4. The molecule has 36 heavy (non-hydrogen) atoms. The van der Waals surface area contributed by atoms with Crippen LogP contribution < -0.4 is 5.32 Å². The summed E-state index contributed by atoms with van der Waals surface area (Å²) in [5.74, 6) is -0.365. The first-order valence-corrected chi connectivity index (χ1v) is 12.5. The van der Waals surface area contributed by atoms with Crippen molar-refractivity contribution in [3.63, 3.8) is 0 Å². The molecule has 0 radical (unpaired) electrons. The van der Waals surface area contributed by atoms with Gasteiger partial charge in [-0.1, -0.05) is 30.3 Å². The lowest BCUT2D eigenvalue weighted by molar-refractivity contribution is -0.143. The van der Waals surface area contributed by atoms with Crippen molar-refractivity contribution in [1.29, 1.82) is 0 Å². The normalized spacial score (nSPS) is 14.5. The van der Waals surface area contributed by atoms with E-state index in [4.69, 9.17) is 0 Å². The van der Waals surface area contributed by atoms with Gasteiger partial charge in [-0.3, -0.25) is 19.8 Å². The fourth-order valence-corrected chi connectivity index (χ4v) is 5.13. The smallest absolute Gasteiger partial charge is 0.313 e. The van der Waals surface area contributed by atoms with Gasteiger partial charge in [0.15, 0.2) is 16.7 Å². The summed E-state index contributed by atoms with van der Waals surface area (Å²) < 4.78 is 26.4. The summed E-state index contributed by atoms with van der Waals surface area (Å²) in [5.41, 5.74) is 2.10. The quantitative estimate of drug-likeness (QED) is 0.345. The Morgan fingerprint density at radius 1 is 0.861 bits per heavy atom. The van der Waals surface area contributed by atoms with E-state index in [-0.39, 0.29) is 31.2 Å². The van der Waals surface area contributed by atoms with Crippen molar-refractivity contribution in [1.82, 2.24) is 34.6 Å². The van der Waals surface area contributed by atoms with Crippen LogP contribution in [-0.2, 0) is 19.6 Å². The van der Waals surface area contributed by atoms with E-state index in [9.17, 15) is 18.0 Å². The van der Waals surface area contributed by atoms with Crippen LogP contribution in [0, 0.1) is 0 Å². The largest absolute Gasteiger partial charge is 0.332 e. The lowest BCUT2D eigenvalue weighted by atomic mass is 10.2. The summed E-state index contributed by atoms with van der Waals surface area (Å²) in [6.07, 6.45) is 1.36. The van der Waals surface area contributed by atoms with Gasteiger partial charge in [0.2, 0.25) is 0 Å². The number of aromatic nitrogens is 5. The number of rotatable bonds is 5. The zero-order chi connectivity index (χ0) is 25.1. The maximum atomic E-state index is 12.6. The van der Waals surface area contributed by atoms with Gasteiger partial charge >= 0.3 is 11.8 Å². The predicted octanol–water partition coefficient (Wildman–Crippen LogP) is 1.33. The van der Waals surface area contributed by atoms with Crippen molar-refractivity contribution in [3.8, 4) is 22.8 Å². The maximum Gasteiger partial charge on any atom is 0.313 e.